The highest BCUT2D eigenvalue weighted by Crippen LogP contribution is 2.18. The number of halogens is 3. The molecule has 0 radical (unpaired) electrons. The van der Waals surface area contributed by atoms with Crippen LogP contribution in [0, 0.1) is 17.5 Å². The van der Waals surface area contributed by atoms with Crippen molar-refractivity contribution in [2.24, 2.45) is 5.73 Å². The molecule has 0 aliphatic carbocycles. The van der Waals surface area contributed by atoms with Gasteiger partial charge in [-0.3, -0.25) is 0 Å². The molecule has 8 heteroatoms. The van der Waals surface area contributed by atoms with E-state index >= 15 is 0 Å². The zero-order valence-corrected chi connectivity index (χ0v) is 10.4. The van der Waals surface area contributed by atoms with Crippen LogP contribution in [0.1, 0.15) is 13.3 Å². The number of hydrogen-bond acceptors (Lipinski definition) is 3. The van der Waals surface area contributed by atoms with Crippen LogP contribution in [0.3, 0.4) is 0 Å². The Labute approximate surface area is 103 Å². The van der Waals surface area contributed by atoms with E-state index in [0.717, 1.165) is 0 Å². The second-order valence-corrected chi connectivity index (χ2v) is 5.60. The third-order valence-corrected chi connectivity index (χ3v) is 3.63. The van der Waals surface area contributed by atoms with Gasteiger partial charge >= 0.3 is 0 Å². The normalized spacial score (nSPS) is 13.6. The van der Waals surface area contributed by atoms with Crippen LogP contribution in [0.15, 0.2) is 17.0 Å². The highest BCUT2D eigenvalue weighted by molar-refractivity contribution is 7.89. The number of sulfonamides is 1. The Balaban J connectivity index is 2.95. The van der Waals surface area contributed by atoms with Gasteiger partial charge in [-0.2, -0.15) is 0 Å². The molecule has 0 saturated heterocycles. The van der Waals surface area contributed by atoms with Crippen LogP contribution in [-0.2, 0) is 10.0 Å². The van der Waals surface area contributed by atoms with Crippen LogP contribution >= 0.6 is 0 Å². The summed E-state index contributed by atoms with van der Waals surface area (Å²) in [5.74, 6) is -4.21. The molecule has 1 rings (SSSR count). The number of nitrogens with two attached hydrogens (primary N) is 1. The van der Waals surface area contributed by atoms with Gasteiger partial charge in [-0.05, 0) is 19.4 Å². The molecule has 0 amide bonds. The van der Waals surface area contributed by atoms with Crippen LogP contribution in [0.25, 0.3) is 0 Å². The number of benzene rings is 1. The summed E-state index contributed by atoms with van der Waals surface area (Å²) in [7, 11) is -4.21. The van der Waals surface area contributed by atoms with Gasteiger partial charge in [0.05, 0.1) is 0 Å². The third-order valence-electron chi connectivity index (χ3n) is 2.16. The summed E-state index contributed by atoms with van der Waals surface area (Å²) < 4.78 is 64.1. The van der Waals surface area contributed by atoms with Crippen molar-refractivity contribution in [2.75, 3.05) is 6.54 Å². The molecule has 0 aliphatic heterocycles. The quantitative estimate of drug-likeness (QED) is 0.795. The van der Waals surface area contributed by atoms with E-state index < -0.39 is 32.4 Å². The van der Waals surface area contributed by atoms with Gasteiger partial charge < -0.3 is 5.73 Å². The van der Waals surface area contributed by atoms with E-state index in [-0.39, 0.29) is 18.7 Å². The lowest BCUT2D eigenvalue weighted by molar-refractivity contribution is 0.481. The SMILES string of the molecule is CC(N)CCNS(=O)(=O)c1cc(F)c(F)cc1F. The first kappa shape index (κ1) is 14.9. The van der Waals surface area contributed by atoms with Gasteiger partial charge in [0.25, 0.3) is 0 Å². The maximum absolute atomic E-state index is 13.3. The fraction of sp³-hybridized carbons (Fsp3) is 0.400. The Kier molecular flexibility index (Phi) is 4.71. The van der Waals surface area contributed by atoms with E-state index in [1.54, 1.807) is 6.92 Å². The molecule has 0 bridgehead atoms. The molecule has 0 spiro atoms. The van der Waals surface area contributed by atoms with Gasteiger partial charge in [0, 0.05) is 18.7 Å². The van der Waals surface area contributed by atoms with Gasteiger partial charge in [0.1, 0.15) is 10.7 Å². The average molecular weight is 282 g/mol. The summed E-state index contributed by atoms with van der Waals surface area (Å²) in [5.41, 5.74) is 5.42. The van der Waals surface area contributed by atoms with Gasteiger partial charge in [-0.1, -0.05) is 0 Å². The molecular weight excluding hydrogens is 269 g/mol. The fourth-order valence-electron chi connectivity index (χ4n) is 1.21. The number of hydrogen-bond donors (Lipinski definition) is 2. The molecule has 102 valence electrons. The predicted octanol–water partition coefficient (Wildman–Crippen LogP) is 1.12. The fourth-order valence-corrected chi connectivity index (χ4v) is 2.33. The molecule has 1 atom stereocenters. The molecular formula is C10H13F3N2O2S. The minimum Gasteiger partial charge on any atom is -0.328 e. The molecule has 3 N–H and O–H groups in total. The summed E-state index contributed by atoms with van der Waals surface area (Å²) in [4.78, 5) is -0.925. The van der Waals surface area contributed by atoms with Crippen LogP contribution < -0.4 is 10.5 Å². The first-order valence-electron chi connectivity index (χ1n) is 5.14. The van der Waals surface area contributed by atoms with Gasteiger partial charge in [-0.15, -0.1) is 0 Å². The molecule has 0 aromatic heterocycles. The Hall–Kier alpha value is -1.12. The van der Waals surface area contributed by atoms with Crippen molar-refractivity contribution in [1.29, 1.82) is 0 Å². The molecule has 1 unspecified atom stereocenters. The highest BCUT2D eigenvalue weighted by atomic mass is 32.2. The van der Waals surface area contributed by atoms with Gasteiger partial charge in [0.15, 0.2) is 11.6 Å². The molecule has 0 heterocycles. The summed E-state index contributed by atoms with van der Waals surface area (Å²) in [6.07, 6.45) is 0.338. The van der Waals surface area contributed by atoms with Crippen molar-refractivity contribution in [2.45, 2.75) is 24.3 Å². The van der Waals surface area contributed by atoms with E-state index in [0.29, 0.717) is 12.5 Å². The van der Waals surface area contributed by atoms with E-state index in [2.05, 4.69) is 4.72 Å². The topological polar surface area (TPSA) is 72.2 Å². The van der Waals surface area contributed by atoms with Crippen molar-refractivity contribution in [3.63, 3.8) is 0 Å². The highest BCUT2D eigenvalue weighted by Gasteiger charge is 2.21. The van der Waals surface area contributed by atoms with Crippen molar-refractivity contribution in [3.8, 4) is 0 Å². The van der Waals surface area contributed by atoms with E-state index in [4.69, 9.17) is 5.73 Å². The predicted molar refractivity (Wildman–Crippen MR) is 59.8 cm³/mol. The molecule has 0 fully saturated rings. The Morgan fingerprint density at radius 2 is 1.78 bits per heavy atom. The van der Waals surface area contributed by atoms with E-state index in [1.807, 2.05) is 0 Å². The zero-order valence-electron chi connectivity index (χ0n) is 9.58. The largest absolute Gasteiger partial charge is 0.328 e. The lowest BCUT2D eigenvalue weighted by Crippen LogP contribution is -2.29. The lowest BCUT2D eigenvalue weighted by atomic mass is 10.3. The average Bonchev–Trinajstić information content (AvgIpc) is 2.22. The Morgan fingerprint density at radius 1 is 1.22 bits per heavy atom. The maximum atomic E-state index is 13.3. The third kappa shape index (κ3) is 3.69. The second kappa shape index (κ2) is 5.68. The summed E-state index contributed by atoms with van der Waals surface area (Å²) >= 11 is 0. The molecule has 4 nitrogen and oxygen atoms in total. The minimum atomic E-state index is -4.21. The molecule has 1 aromatic rings. The first-order chi connectivity index (χ1) is 8.24. The van der Waals surface area contributed by atoms with E-state index in [9.17, 15) is 21.6 Å². The zero-order chi connectivity index (χ0) is 13.9. The van der Waals surface area contributed by atoms with Gasteiger partial charge in [0.2, 0.25) is 10.0 Å². The second-order valence-electron chi connectivity index (χ2n) is 3.86. The van der Waals surface area contributed by atoms with E-state index in [1.165, 1.54) is 0 Å². The van der Waals surface area contributed by atoms with Gasteiger partial charge in [-0.25, -0.2) is 26.3 Å². The van der Waals surface area contributed by atoms with Crippen LogP contribution in [0.2, 0.25) is 0 Å². The number of nitrogens with one attached hydrogen (secondary N) is 1. The molecule has 1 aromatic carbocycles. The molecule has 0 saturated carbocycles. The number of rotatable bonds is 5. The minimum absolute atomic E-state index is 0.0154. The van der Waals surface area contributed by atoms with Crippen LogP contribution in [-0.4, -0.2) is 21.0 Å². The molecule has 18 heavy (non-hydrogen) atoms. The Bertz CT molecular complexity index is 532. The van der Waals surface area contributed by atoms with Crippen LogP contribution in [0.5, 0.6) is 0 Å². The summed E-state index contributed by atoms with van der Waals surface area (Å²) in [5, 5.41) is 0. The molecule has 0 aliphatic rings. The standard InChI is InChI=1S/C10H13F3N2O2S/c1-6(14)2-3-15-18(16,17)10-5-8(12)7(11)4-9(10)13/h4-6,15H,2-3,14H2,1H3. The van der Waals surface area contributed by atoms with Crippen molar-refractivity contribution in [3.05, 3.63) is 29.6 Å². The Morgan fingerprint density at radius 3 is 2.33 bits per heavy atom. The monoisotopic (exact) mass is 282 g/mol. The van der Waals surface area contributed by atoms with Crippen molar-refractivity contribution in [1.82, 2.24) is 4.72 Å². The van der Waals surface area contributed by atoms with Crippen LogP contribution in [0.4, 0.5) is 13.2 Å². The first-order valence-corrected chi connectivity index (χ1v) is 6.62. The summed E-state index contributed by atoms with van der Waals surface area (Å²) in [6.45, 7) is 1.66. The van der Waals surface area contributed by atoms with Crippen molar-refractivity contribution >= 4 is 10.0 Å². The lowest BCUT2D eigenvalue weighted by Gasteiger charge is -2.09. The smallest absolute Gasteiger partial charge is 0.243 e. The van der Waals surface area contributed by atoms with Crippen molar-refractivity contribution < 1.29 is 21.6 Å². The summed E-state index contributed by atoms with van der Waals surface area (Å²) in [6, 6.07) is 0.261. The maximum Gasteiger partial charge on any atom is 0.243 e.